The summed E-state index contributed by atoms with van der Waals surface area (Å²) in [6.07, 6.45) is -0.994. The fourth-order valence-corrected chi connectivity index (χ4v) is 4.36. The van der Waals surface area contributed by atoms with Gasteiger partial charge < -0.3 is 20.0 Å². The third kappa shape index (κ3) is 5.59. The predicted molar refractivity (Wildman–Crippen MR) is 137 cm³/mol. The van der Waals surface area contributed by atoms with Crippen molar-refractivity contribution in [3.63, 3.8) is 0 Å². The minimum atomic E-state index is -4.78. The second kappa shape index (κ2) is 10.1. The van der Waals surface area contributed by atoms with Crippen molar-refractivity contribution in [1.29, 1.82) is 0 Å². The van der Waals surface area contributed by atoms with E-state index in [1.54, 1.807) is 30.4 Å². The van der Waals surface area contributed by atoms with Crippen LogP contribution in [0.4, 0.5) is 24.7 Å². The Balaban J connectivity index is 1.54. The Labute approximate surface area is 216 Å². The number of halogens is 3. The Morgan fingerprint density at radius 3 is 2.45 bits per heavy atom. The highest BCUT2D eigenvalue weighted by Crippen LogP contribution is 2.47. The maximum atomic E-state index is 12.6. The van der Waals surface area contributed by atoms with Crippen LogP contribution in [-0.2, 0) is 6.54 Å². The third-order valence-corrected chi connectivity index (χ3v) is 6.23. The molecule has 1 aromatic heterocycles. The molecule has 0 unspecified atom stereocenters. The molecule has 1 saturated carbocycles. The van der Waals surface area contributed by atoms with Gasteiger partial charge in [0.05, 0.1) is 17.8 Å². The highest BCUT2D eigenvalue weighted by molar-refractivity contribution is 5.94. The summed E-state index contributed by atoms with van der Waals surface area (Å²) in [6.45, 7) is 0.160. The molecule has 38 heavy (non-hydrogen) atoms. The zero-order valence-corrected chi connectivity index (χ0v) is 20.3. The van der Waals surface area contributed by atoms with E-state index >= 15 is 0 Å². The van der Waals surface area contributed by atoms with Gasteiger partial charge >= 0.3 is 12.3 Å². The third-order valence-electron chi connectivity index (χ3n) is 6.23. The number of benzene rings is 3. The number of fused-ring (bicyclic) bond motifs is 1. The number of aromatic nitrogens is 1. The summed E-state index contributed by atoms with van der Waals surface area (Å²) in [6, 6.07) is 18.1. The van der Waals surface area contributed by atoms with Gasteiger partial charge in [-0.1, -0.05) is 36.4 Å². The number of anilines is 2. The molecule has 2 N–H and O–H groups in total. The standard InChI is InChI=1S/C28H24F3N3O4/c1-32-24-14-21(12-13-23(24)27(35)36)38-34(16-17-6-10-20(11-7-17)37-28(29,30)31)26-25(18-8-9-18)22-5-3-2-4-19(22)15-33-26/h2-7,10-15,18,32H,8-9,16H2,1H3,(H,35,36). The van der Waals surface area contributed by atoms with E-state index in [4.69, 9.17) is 9.82 Å². The van der Waals surface area contributed by atoms with Crippen LogP contribution in [0.1, 0.15) is 40.2 Å². The predicted octanol–water partition coefficient (Wildman–Crippen LogP) is 6.75. The molecule has 5 rings (SSSR count). The normalized spacial score (nSPS) is 13.3. The van der Waals surface area contributed by atoms with Crippen LogP contribution in [-0.4, -0.2) is 29.5 Å². The van der Waals surface area contributed by atoms with Gasteiger partial charge in [0.2, 0.25) is 0 Å². The van der Waals surface area contributed by atoms with Crippen LogP contribution in [0, 0.1) is 0 Å². The maximum Gasteiger partial charge on any atom is 0.573 e. The summed E-state index contributed by atoms with van der Waals surface area (Å²) >= 11 is 0. The molecule has 0 saturated heterocycles. The first-order valence-corrected chi connectivity index (χ1v) is 11.9. The average Bonchev–Trinajstić information content (AvgIpc) is 3.73. The van der Waals surface area contributed by atoms with Crippen LogP contribution in [0.2, 0.25) is 0 Å². The van der Waals surface area contributed by atoms with Gasteiger partial charge in [0.25, 0.3) is 0 Å². The monoisotopic (exact) mass is 523 g/mol. The van der Waals surface area contributed by atoms with Gasteiger partial charge in [-0.2, -0.15) is 5.06 Å². The molecule has 196 valence electrons. The second-order valence-electron chi connectivity index (χ2n) is 8.94. The molecule has 10 heteroatoms. The highest BCUT2D eigenvalue weighted by Gasteiger charge is 2.32. The Morgan fingerprint density at radius 2 is 1.79 bits per heavy atom. The number of carboxylic acids is 1. The van der Waals surface area contributed by atoms with Gasteiger partial charge in [-0.15, -0.1) is 13.2 Å². The van der Waals surface area contributed by atoms with Crippen LogP contribution >= 0.6 is 0 Å². The molecule has 4 aromatic rings. The highest BCUT2D eigenvalue weighted by atomic mass is 19.4. The Bertz CT molecular complexity index is 1470. The smallest absolute Gasteiger partial charge is 0.478 e. The lowest BCUT2D eigenvalue weighted by atomic mass is 10.0. The summed E-state index contributed by atoms with van der Waals surface area (Å²) in [7, 11) is 1.62. The molecular formula is C28H24F3N3O4. The molecule has 0 radical (unpaired) electrons. The lowest BCUT2D eigenvalue weighted by Crippen LogP contribution is -2.29. The molecule has 0 aliphatic heterocycles. The number of alkyl halides is 3. The SMILES string of the molecule is CNc1cc(ON(Cc2ccc(OC(F)(F)F)cc2)c2ncc3ccccc3c2C2CC2)ccc1C(=O)O. The second-order valence-corrected chi connectivity index (χ2v) is 8.94. The molecule has 7 nitrogen and oxygen atoms in total. The number of carboxylic acid groups (broad SMARTS) is 1. The molecule has 3 aromatic carbocycles. The average molecular weight is 524 g/mol. The zero-order chi connectivity index (χ0) is 26.9. The topological polar surface area (TPSA) is 83.9 Å². The Morgan fingerprint density at radius 1 is 1.08 bits per heavy atom. The van der Waals surface area contributed by atoms with Crippen molar-refractivity contribution in [2.75, 3.05) is 17.4 Å². The largest absolute Gasteiger partial charge is 0.573 e. The van der Waals surface area contributed by atoms with Gasteiger partial charge in [-0.25, -0.2) is 9.78 Å². The molecule has 0 bridgehead atoms. The van der Waals surface area contributed by atoms with E-state index in [2.05, 4.69) is 10.1 Å². The first-order valence-electron chi connectivity index (χ1n) is 11.9. The summed E-state index contributed by atoms with van der Waals surface area (Å²) < 4.78 is 41.8. The van der Waals surface area contributed by atoms with Crippen molar-refractivity contribution in [2.45, 2.75) is 31.7 Å². The summed E-state index contributed by atoms with van der Waals surface area (Å²) in [5.74, 6) is -0.131. The van der Waals surface area contributed by atoms with E-state index in [1.165, 1.54) is 30.3 Å². The number of hydrogen-bond donors (Lipinski definition) is 2. The van der Waals surface area contributed by atoms with Gasteiger partial charge in [-0.3, -0.25) is 0 Å². The number of ether oxygens (including phenoxy) is 1. The quantitative estimate of drug-likeness (QED) is 0.235. The Hall–Kier alpha value is -4.47. The minimum Gasteiger partial charge on any atom is -0.478 e. The van der Waals surface area contributed by atoms with Crippen molar-refractivity contribution in [1.82, 2.24) is 4.98 Å². The number of nitrogens with zero attached hydrogens (tertiary/aromatic N) is 2. The fourth-order valence-electron chi connectivity index (χ4n) is 4.36. The molecule has 1 aliphatic rings. The number of pyridine rings is 1. The number of nitrogens with one attached hydrogen (secondary N) is 1. The number of hydroxylamine groups is 1. The van der Waals surface area contributed by atoms with Gasteiger partial charge in [0, 0.05) is 30.3 Å². The van der Waals surface area contributed by atoms with Crippen LogP contribution in [0.3, 0.4) is 0 Å². The van der Waals surface area contributed by atoms with Crippen LogP contribution in [0.5, 0.6) is 11.5 Å². The summed E-state index contributed by atoms with van der Waals surface area (Å²) in [5, 5.41) is 16.0. The van der Waals surface area contributed by atoms with Crippen LogP contribution in [0.25, 0.3) is 10.8 Å². The summed E-state index contributed by atoms with van der Waals surface area (Å²) in [5.41, 5.74) is 2.16. The molecule has 0 spiro atoms. The van der Waals surface area contributed by atoms with Gasteiger partial charge in [0.1, 0.15) is 5.75 Å². The lowest BCUT2D eigenvalue weighted by molar-refractivity contribution is -0.274. The molecule has 1 aliphatic carbocycles. The van der Waals surface area contributed by atoms with Crippen molar-refractivity contribution in [3.8, 4) is 11.5 Å². The maximum absolute atomic E-state index is 12.6. The molecule has 0 atom stereocenters. The molecular weight excluding hydrogens is 499 g/mol. The van der Waals surface area contributed by atoms with E-state index < -0.39 is 12.3 Å². The Kier molecular flexibility index (Phi) is 6.71. The van der Waals surface area contributed by atoms with E-state index in [1.807, 2.05) is 24.3 Å². The lowest BCUT2D eigenvalue weighted by Gasteiger charge is -2.27. The van der Waals surface area contributed by atoms with Crippen molar-refractivity contribution >= 4 is 28.2 Å². The minimum absolute atomic E-state index is 0.0918. The molecule has 0 amide bonds. The van der Waals surface area contributed by atoms with E-state index in [9.17, 15) is 23.1 Å². The van der Waals surface area contributed by atoms with Gasteiger partial charge in [-0.05, 0) is 54.0 Å². The van der Waals surface area contributed by atoms with Crippen molar-refractivity contribution < 1.29 is 32.6 Å². The van der Waals surface area contributed by atoms with E-state index in [0.29, 0.717) is 28.7 Å². The first kappa shape index (κ1) is 25.2. The number of aromatic carboxylic acids is 1. The van der Waals surface area contributed by atoms with Crippen molar-refractivity contribution in [2.24, 2.45) is 0 Å². The number of hydrogen-bond acceptors (Lipinski definition) is 6. The number of rotatable bonds is 9. The molecule has 1 fully saturated rings. The van der Waals surface area contributed by atoms with Crippen LogP contribution < -0.4 is 20.0 Å². The van der Waals surface area contributed by atoms with E-state index in [-0.39, 0.29) is 17.9 Å². The van der Waals surface area contributed by atoms with Crippen LogP contribution in [0.15, 0.2) is 72.9 Å². The fraction of sp³-hybridized carbons (Fsp3) is 0.214. The van der Waals surface area contributed by atoms with E-state index in [0.717, 1.165) is 29.2 Å². The van der Waals surface area contributed by atoms with Crippen molar-refractivity contribution in [3.05, 3.63) is 89.6 Å². The summed E-state index contributed by atoms with van der Waals surface area (Å²) in [4.78, 5) is 22.6. The molecule has 1 heterocycles. The number of carbonyl (C=O) groups is 1. The van der Waals surface area contributed by atoms with Gasteiger partial charge in [0.15, 0.2) is 11.6 Å². The first-order chi connectivity index (χ1) is 18.2. The zero-order valence-electron chi connectivity index (χ0n) is 20.3.